The van der Waals surface area contributed by atoms with E-state index >= 15 is 0 Å². The summed E-state index contributed by atoms with van der Waals surface area (Å²) in [7, 11) is 0. The van der Waals surface area contributed by atoms with Gasteiger partial charge in [-0.2, -0.15) is 5.26 Å². The van der Waals surface area contributed by atoms with Crippen molar-refractivity contribution in [1.82, 2.24) is 4.90 Å². The van der Waals surface area contributed by atoms with Crippen molar-refractivity contribution in [2.45, 2.75) is 6.42 Å². The molecule has 0 unspecified atom stereocenters. The molecular formula is C13H13FN6O. The van der Waals surface area contributed by atoms with Crippen LogP contribution in [0.1, 0.15) is 6.42 Å². The topological polar surface area (TPSA) is 96.1 Å². The van der Waals surface area contributed by atoms with Crippen LogP contribution in [0.4, 0.5) is 15.8 Å². The van der Waals surface area contributed by atoms with Gasteiger partial charge in [-0.15, -0.1) is 0 Å². The maximum atomic E-state index is 14.0. The zero-order valence-corrected chi connectivity index (χ0v) is 11.2. The van der Waals surface area contributed by atoms with Crippen molar-refractivity contribution in [1.29, 1.82) is 5.26 Å². The SMILES string of the molecule is N#CCC(=O)N1CCN(c2ccc(N=[N+]=[N-])cc2F)CC1. The molecule has 108 valence electrons. The molecule has 1 amide bonds. The Hall–Kier alpha value is -2.78. The summed E-state index contributed by atoms with van der Waals surface area (Å²) >= 11 is 0. The lowest BCUT2D eigenvalue weighted by Gasteiger charge is -2.36. The maximum Gasteiger partial charge on any atom is 0.236 e. The number of nitriles is 1. The van der Waals surface area contributed by atoms with Gasteiger partial charge in [-0.05, 0) is 17.7 Å². The number of halogens is 1. The number of hydrogen-bond acceptors (Lipinski definition) is 4. The van der Waals surface area contributed by atoms with Crippen LogP contribution < -0.4 is 4.90 Å². The Morgan fingerprint density at radius 2 is 2.14 bits per heavy atom. The van der Waals surface area contributed by atoms with E-state index in [1.807, 2.05) is 11.0 Å². The molecule has 0 bridgehead atoms. The number of piperazine rings is 1. The molecule has 1 aromatic carbocycles. The van der Waals surface area contributed by atoms with E-state index in [1.165, 1.54) is 6.07 Å². The summed E-state index contributed by atoms with van der Waals surface area (Å²) in [5.74, 6) is -0.659. The number of amides is 1. The summed E-state index contributed by atoms with van der Waals surface area (Å²) in [5.41, 5.74) is 8.96. The lowest BCUT2D eigenvalue weighted by molar-refractivity contribution is -0.130. The lowest BCUT2D eigenvalue weighted by Crippen LogP contribution is -2.48. The average molecular weight is 288 g/mol. The minimum absolute atomic E-state index is 0.130. The van der Waals surface area contributed by atoms with Gasteiger partial charge in [-0.25, -0.2) is 4.39 Å². The van der Waals surface area contributed by atoms with Crippen LogP contribution in [0.5, 0.6) is 0 Å². The van der Waals surface area contributed by atoms with Crippen LogP contribution in [0.25, 0.3) is 10.4 Å². The molecule has 1 saturated heterocycles. The number of rotatable bonds is 3. The first-order valence-corrected chi connectivity index (χ1v) is 6.40. The predicted octanol–water partition coefficient (Wildman–Crippen LogP) is 2.33. The third-order valence-electron chi connectivity index (χ3n) is 3.29. The predicted molar refractivity (Wildman–Crippen MR) is 74.2 cm³/mol. The van der Waals surface area contributed by atoms with E-state index < -0.39 is 5.82 Å². The summed E-state index contributed by atoms with van der Waals surface area (Å²) in [6.45, 7) is 1.90. The molecule has 21 heavy (non-hydrogen) atoms. The Morgan fingerprint density at radius 1 is 1.43 bits per heavy atom. The first-order chi connectivity index (χ1) is 10.2. The van der Waals surface area contributed by atoms with Crippen molar-refractivity contribution < 1.29 is 9.18 Å². The highest BCUT2D eigenvalue weighted by molar-refractivity contribution is 5.78. The molecule has 1 heterocycles. The van der Waals surface area contributed by atoms with Gasteiger partial charge in [0.2, 0.25) is 5.91 Å². The van der Waals surface area contributed by atoms with Crippen LogP contribution in [-0.2, 0) is 4.79 Å². The van der Waals surface area contributed by atoms with Crippen LogP contribution >= 0.6 is 0 Å². The van der Waals surface area contributed by atoms with Crippen molar-refractivity contribution in [3.05, 3.63) is 34.5 Å². The number of azide groups is 1. The van der Waals surface area contributed by atoms with Gasteiger partial charge in [-0.3, -0.25) is 4.79 Å². The number of nitrogens with zero attached hydrogens (tertiary/aromatic N) is 6. The van der Waals surface area contributed by atoms with Crippen molar-refractivity contribution in [3.63, 3.8) is 0 Å². The quantitative estimate of drug-likeness (QED) is 0.485. The largest absolute Gasteiger partial charge is 0.366 e. The maximum absolute atomic E-state index is 14.0. The van der Waals surface area contributed by atoms with Gasteiger partial charge in [0.05, 0.1) is 11.8 Å². The van der Waals surface area contributed by atoms with Gasteiger partial charge < -0.3 is 9.80 Å². The Balaban J connectivity index is 2.04. The van der Waals surface area contributed by atoms with Crippen molar-refractivity contribution >= 4 is 17.3 Å². The standard InChI is InChI=1S/C13H13FN6O/c14-11-9-10(17-18-16)1-2-12(11)19-5-7-20(8-6-19)13(21)3-4-15/h1-2,9H,3,5-8H2. The second-order valence-corrected chi connectivity index (χ2v) is 4.53. The second-order valence-electron chi connectivity index (χ2n) is 4.53. The molecule has 0 aromatic heterocycles. The molecule has 8 heteroatoms. The normalized spacial score (nSPS) is 14.3. The lowest BCUT2D eigenvalue weighted by atomic mass is 10.2. The molecule has 1 aliphatic rings. The summed E-state index contributed by atoms with van der Waals surface area (Å²) < 4.78 is 14.0. The number of hydrogen-bond donors (Lipinski definition) is 0. The van der Waals surface area contributed by atoms with Crippen LogP contribution in [-0.4, -0.2) is 37.0 Å². The van der Waals surface area contributed by atoms with E-state index in [-0.39, 0.29) is 18.0 Å². The monoisotopic (exact) mass is 288 g/mol. The summed E-state index contributed by atoms with van der Waals surface area (Å²) in [4.78, 5) is 17.6. The highest BCUT2D eigenvalue weighted by Crippen LogP contribution is 2.25. The molecule has 0 atom stereocenters. The molecule has 1 aromatic rings. The molecule has 7 nitrogen and oxygen atoms in total. The molecule has 0 spiro atoms. The number of benzene rings is 1. The Labute approximate surface area is 120 Å². The van der Waals surface area contributed by atoms with Crippen LogP contribution in [0, 0.1) is 17.1 Å². The van der Waals surface area contributed by atoms with E-state index in [2.05, 4.69) is 10.0 Å². The molecule has 0 radical (unpaired) electrons. The van der Waals surface area contributed by atoms with Crippen molar-refractivity contribution in [2.75, 3.05) is 31.1 Å². The van der Waals surface area contributed by atoms with Crippen LogP contribution in [0.2, 0.25) is 0 Å². The molecule has 1 aliphatic heterocycles. The third-order valence-corrected chi connectivity index (χ3v) is 3.29. The first kappa shape index (κ1) is 14.6. The van der Waals surface area contributed by atoms with E-state index in [0.717, 1.165) is 0 Å². The minimum atomic E-state index is -0.461. The van der Waals surface area contributed by atoms with Crippen LogP contribution in [0.3, 0.4) is 0 Å². The van der Waals surface area contributed by atoms with Gasteiger partial charge in [-0.1, -0.05) is 11.2 Å². The fourth-order valence-corrected chi connectivity index (χ4v) is 2.24. The highest BCUT2D eigenvalue weighted by Gasteiger charge is 2.22. The fourth-order valence-electron chi connectivity index (χ4n) is 2.24. The van der Waals surface area contributed by atoms with Crippen LogP contribution in [0.15, 0.2) is 23.3 Å². The molecule has 0 saturated carbocycles. The highest BCUT2D eigenvalue weighted by atomic mass is 19.1. The fraction of sp³-hybridized carbons (Fsp3) is 0.385. The second kappa shape index (κ2) is 6.59. The number of anilines is 1. The smallest absolute Gasteiger partial charge is 0.236 e. The van der Waals surface area contributed by atoms with Gasteiger partial charge >= 0.3 is 0 Å². The third kappa shape index (κ3) is 3.41. The van der Waals surface area contributed by atoms with Crippen molar-refractivity contribution in [2.24, 2.45) is 5.11 Å². The Bertz CT molecular complexity index is 626. The molecular weight excluding hydrogens is 275 g/mol. The molecule has 2 rings (SSSR count). The van der Waals surface area contributed by atoms with Gasteiger partial charge in [0.25, 0.3) is 0 Å². The van der Waals surface area contributed by atoms with E-state index in [1.54, 1.807) is 17.0 Å². The minimum Gasteiger partial charge on any atom is -0.366 e. The number of carbonyl (C=O) groups excluding carboxylic acids is 1. The zero-order valence-electron chi connectivity index (χ0n) is 11.2. The summed E-state index contributed by atoms with van der Waals surface area (Å²) in [6, 6.07) is 6.12. The first-order valence-electron chi connectivity index (χ1n) is 6.40. The average Bonchev–Trinajstić information content (AvgIpc) is 2.48. The van der Waals surface area contributed by atoms with E-state index in [4.69, 9.17) is 10.8 Å². The summed E-state index contributed by atoms with van der Waals surface area (Å²) in [6.07, 6.45) is -0.130. The zero-order chi connectivity index (χ0) is 15.2. The molecule has 0 aliphatic carbocycles. The van der Waals surface area contributed by atoms with Gasteiger partial charge in [0.15, 0.2) is 0 Å². The Morgan fingerprint density at radius 3 is 2.71 bits per heavy atom. The van der Waals surface area contributed by atoms with E-state index in [0.29, 0.717) is 31.9 Å². The molecule has 1 fully saturated rings. The van der Waals surface area contributed by atoms with Crippen molar-refractivity contribution in [3.8, 4) is 6.07 Å². The Kier molecular flexibility index (Phi) is 4.59. The van der Waals surface area contributed by atoms with Gasteiger partial charge in [0, 0.05) is 36.8 Å². The van der Waals surface area contributed by atoms with E-state index in [9.17, 15) is 9.18 Å². The summed E-state index contributed by atoms with van der Waals surface area (Å²) in [5, 5.41) is 11.9. The molecule has 0 N–H and O–H groups in total. The van der Waals surface area contributed by atoms with Gasteiger partial charge in [0.1, 0.15) is 12.2 Å². The number of carbonyl (C=O) groups is 1.